The second-order valence-electron chi connectivity index (χ2n) is 7.50. The molecule has 0 spiro atoms. The summed E-state index contributed by atoms with van der Waals surface area (Å²) in [5, 5.41) is 1.01. The lowest BCUT2D eigenvalue weighted by Gasteiger charge is -2.37. The molecule has 0 aliphatic carbocycles. The van der Waals surface area contributed by atoms with Crippen LogP contribution in [0.15, 0.2) is 82.1 Å². The standard InChI is InChI=1S/C24H22N2O2/c1-17-9-10-20-19(15-23(27)28-22(20)14-17)16-26-13-12-25-11-5-8-21(25)24(26)18-6-3-2-4-7-18/h2-11,14-15,24H,12-13,16H2,1H3/t24-/m1/s1. The van der Waals surface area contributed by atoms with Crippen LogP contribution in [0.5, 0.6) is 0 Å². The Morgan fingerprint density at radius 3 is 2.71 bits per heavy atom. The van der Waals surface area contributed by atoms with Crippen molar-refractivity contribution in [1.82, 2.24) is 9.47 Å². The molecule has 0 fully saturated rings. The number of hydrogen-bond donors (Lipinski definition) is 0. The molecule has 0 saturated heterocycles. The maximum Gasteiger partial charge on any atom is 0.336 e. The average molecular weight is 370 g/mol. The molecule has 0 saturated carbocycles. The van der Waals surface area contributed by atoms with Crippen molar-refractivity contribution in [2.24, 2.45) is 0 Å². The van der Waals surface area contributed by atoms with E-state index in [0.717, 1.165) is 29.6 Å². The summed E-state index contributed by atoms with van der Waals surface area (Å²) in [5.74, 6) is 0. The topological polar surface area (TPSA) is 38.4 Å². The molecule has 3 heterocycles. The van der Waals surface area contributed by atoms with Gasteiger partial charge in [-0.25, -0.2) is 4.79 Å². The van der Waals surface area contributed by atoms with E-state index in [4.69, 9.17) is 4.42 Å². The smallest absolute Gasteiger partial charge is 0.336 e. The van der Waals surface area contributed by atoms with Gasteiger partial charge < -0.3 is 8.98 Å². The van der Waals surface area contributed by atoms with Crippen molar-refractivity contribution >= 4 is 11.0 Å². The van der Waals surface area contributed by atoms with Crippen LogP contribution in [0, 0.1) is 6.92 Å². The van der Waals surface area contributed by atoms with Gasteiger partial charge in [0.05, 0.1) is 6.04 Å². The summed E-state index contributed by atoms with van der Waals surface area (Å²) in [7, 11) is 0. The van der Waals surface area contributed by atoms with Crippen LogP contribution in [-0.2, 0) is 13.1 Å². The van der Waals surface area contributed by atoms with E-state index < -0.39 is 0 Å². The number of hydrogen-bond acceptors (Lipinski definition) is 3. The van der Waals surface area contributed by atoms with Crippen LogP contribution in [0.1, 0.15) is 28.4 Å². The van der Waals surface area contributed by atoms with Crippen LogP contribution in [0.25, 0.3) is 11.0 Å². The summed E-state index contributed by atoms with van der Waals surface area (Å²) in [6.07, 6.45) is 2.15. The van der Waals surface area contributed by atoms with Crippen molar-refractivity contribution in [3.05, 3.63) is 106 Å². The Bertz CT molecular complexity index is 1190. The Kier molecular flexibility index (Phi) is 4.14. The molecule has 0 unspecified atom stereocenters. The third-order valence-electron chi connectivity index (χ3n) is 5.61. The lowest BCUT2D eigenvalue weighted by molar-refractivity contribution is 0.175. The van der Waals surface area contributed by atoms with Crippen LogP contribution < -0.4 is 5.63 Å². The van der Waals surface area contributed by atoms with E-state index in [1.807, 2.05) is 19.1 Å². The van der Waals surface area contributed by atoms with Crippen LogP contribution in [0.3, 0.4) is 0 Å². The SMILES string of the molecule is Cc1ccc2c(CN3CCn4cccc4[C@H]3c3ccccc3)cc(=O)oc2c1. The zero-order chi connectivity index (χ0) is 19.1. The minimum atomic E-state index is -0.287. The van der Waals surface area contributed by atoms with Crippen molar-refractivity contribution in [3.63, 3.8) is 0 Å². The largest absolute Gasteiger partial charge is 0.423 e. The molecule has 4 aromatic rings. The Labute approximate surface area is 163 Å². The fourth-order valence-electron chi connectivity index (χ4n) is 4.31. The normalized spacial score (nSPS) is 17.0. The molecule has 4 heteroatoms. The van der Waals surface area contributed by atoms with Gasteiger partial charge in [0.25, 0.3) is 0 Å². The summed E-state index contributed by atoms with van der Waals surface area (Å²) >= 11 is 0. The minimum absolute atomic E-state index is 0.165. The van der Waals surface area contributed by atoms with E-state index in [9.17, 15) is 4.79 Å². The molecule has 140 valence electrons. The predicted octanol–water partition coefficient (Wildman–Crippen LogP) is 4.51. The lowest BCUT2D eigenvalue weighted by atomic mass is 9.98. The molecule has 2 aromatic carbocycles. The summed E-state index contributed by atoms with van der Waals surface area (Å²) in [6.45, 7) is 4.59. The highest BCUT2D eigenvalue weighted by Gasteiger charge is 2.29. The molecule has 4 nitrogen and oxygen atoms in total. The quantitative estimate of drug-likeness (QED) is 0.498. The van der Waals surface area contributed by atoms with Gasteiger partial charge >= 0.3 is 5.63 Å². The fraction of sp³-hybridized carbons (Fsp3) is 0.208. The predicted molar refractivity (Wildman–Crippen MR) is 110 cm³/mol. The summed E-state index contributed by atoms with van der Waals surface area (Å²) in [6, 6.07) is 22.8. The maximum absolute atomic E-state index is 12.2. The Morgan fingerprint density at radius 2 is 1.86 bits per heavy atom. The molecule has 0 N–H and O–H groups in total. The first-order valence-electron chi connectivity index (χ1n) is 9.66. The van der Waals surface area contributed by atoms with Gasteiger partial charge in [-0.3, -0.25) is 4.90 Å². The van der Waals surface area contributed by atoms with Crippen molar-refractivity contribution in [3.8, 4) is 0 Å². The third-order valence-corrected chi connectivity index (χ3v) is 5.61. The van der Waals surface area contributed by atoms with Gasteiger partial charge in [0, 0.05) is 43.0 Å². The minimum Gasteiger partial charge on any atom is -0.423 e. The molecular weight excluding hydrogens is 348 g/mol. The molecule has 0 bridgehead atoms. The first-order chi connectivity index (χ1) is 13.7. The Balaban J connectivity index is 1.60. The summed E-state index contributed by atoms with van der Waals surface area (Å²) < 4.78 is 7.78. The molecule has 1 atom stereocenters. The van der Waals surface area contributed by atoms with Gasteiger partial charge in [0.2, 0.25) is 0 Å². The molecule has 0 amide bonds. The van der Waals surface area contributed by atoms with Crippen molar-refractivity contribution in [1.29, 1.82) is 0 Å². The molecule has 2 aromatic heterocycles. The maximum atomic E-state index is 12.2. The zero-order valence-corrected chi connectivity index (χ0v) is 15.8. The van der Waals surface area contributed by atoms with E-state index in [2.05, 4.69) is 64.2 Å². The van der Waals surface area contributed by atoms with Crippen LogP contribution in [-0.4, -0.2) is 16.0 Å². The summed E-state index contributed by atoms with van der Waals surface area (Å²) in [5.41, 5.74) is 5.05. The van der Waals surface area contributed by atoms with Gasteiger partial charge in [-0.2, -0.15) is 0 Å². The average Bonchev–Trinajstić information content (AvgIpc) is 3.16. The monoisotopic (exact) mass is 370 g/mol. The molecular formula is C24H22N2O2. The molecule has 5 rings (SSSR count). The molecule has 28 heavy (non-hydrogen) atoms. The number of nitrogens with zero attached hydrogens (tertiary/aromatic N) is 2. The Morgan fingerprint density at radius 1 is 1.00 bits per heavy atom. The lowest BCUT2D eigenvalue weighted by Crippen LogP contribution is -2.38. The highest BCUT2D eigenvalue weighted by atomic mass is 16.4. The van der Waals surface area contributed by atoms with E-state index in [1.165, 1.54) is 11.3 Å². The molecule has 0 radical (unpaired) electrons. The Hall–Kier alpha value is -3.11. The van der Waals surface area contributed by atoms with Gasteiger partial charge in [-0.05, 0) is 41.8 Å². The van der Waals surface area contributed by atoms with Gasteiger partial charge in [0.1, 0.15) is 5.58 Å². The first-order valence-corrected chi connectivity index (χ1v) is 9.66. The second kappa shape index (κ2) is 6.80. The van der Waals surface area contributed by atoms with Crippen LogP contribution >= 0.6 is 0 Å². The second-order valence-corrected chi connectivity index (χ2v) is 7.50. The third kappa shape index (κ3) is 2.96. The molecule has 1 aliphatic rings. The van der Waals surface area contributed by atoms with E-state index in [0.29, 0.717) is 12.1 Å². The van der Waals surface area contributed by atoms with Crippen molar-refractivity contribution < 1.29 is 4.42 Å². The number of aryl methyl sites for hydroxylation is 1. The number of fused-ring (bicyclic) bond motifs is 2. The first kappa shape index (κ1) is 17.0. The molecule has 1 aliphatic heterocycles. The number of rotatable bonds is 3. The fourth-order valence-corrected chi connectivity index (χ4v) is 4.31. The number of aromatic nitrogens is 1. The van der Waals surface area contributed by atoms with E-state index >= 15 is 0 Å². The van der Waals surface area contributed by atoms with Gasteiger partial charge in [-0.15, -0.1) is 0 Å². The van der Waals surface area contributed by atoms with E-state index in [1.54, 1.807) is 6.07 Å². The van der Waals surface area contributed by atoms with Gasteiger partial charge in [0.15, 0.2) is 0 Å². The van der Waals surface area contributed by atoms with Crippen LogP contribution in [0.2, 0.25) is 0 Å². The zero-order valence-electron chi connectivity index (χ0n) is 15.8. The highest BCUT2D eigenvalue weighted by Crippen LogP contribution is 2.34. The van der Waals surface area contributed by atoms with Crippen molar-refractivity contribution in [2.45, 2.75) is 26.1 Å². The van der Waals surface area contributed by atoms with E-state index in [-0.39, 0.29) is 11.7 Å². The van der Waals surface area contributed by atoms with Crippen LogP contribution in [0.4, 0.5) is 0 Å². The van der Waals surface area contributed by atoms with Gasteiger partial charge in [-0.1, -0.05) is 42.5 Å². The summed E-state index contributed by atoms with van der Waals surface area (Å²) in [4.78, 5) is 14.6. The van der Waals surface area contributed by atoms with Crippen molar-refractivity contribution in [2.75, 3.05) is 6.54 Å². The highest BCUT2D eigenvalue weighted by molar-refractivity contribution is 5.80. The number of benzene rings is 2.